The summed E-state index contributed by atoms with van der Waals surface area (Å²) in [5, 5.41) is 1.06. The zero-order valence-corrected chi connectivity index (χ0v) is 13.6. The first-order valence-electron chi connectivity index (χ1n) is 6.09. The van der Waals surface area contributed by atoms with Crippen molar-refractivity contribution in [3.63, 3.8) is 0 Å². The lowest BCUT2D eigenvalue weighted by Gasteiger charge is -2.13. The Labute approximate surface area is 136 Å². The summed E-state index contributed by atoms with van der Waals surface area (Å²) in [6, 6.07) is 10.0. The Kier molecular flexibility index (Phi) is 5.44. The molecule has 1 nitrogen and oxygen atoms in total. The van der Waals surface area contributed by atoms with Crippen molar-refractivity contribution in [1.29, 1.82) is 0 Å². The number of benzene rings is 2. The number of hydrogen-bond donors (Lipinski definition) is 1. The molecule has 1 unspecified atom stereocenters. The quantitative estimate of drug-likeness (QED) is 0.797. The van der Waals surface area contributed by atoms with E-state index in [0.29, 0.717) is 22.9 Å². The van der Waals surface area contributed by atoms with Crippen LogP contribution in [0.4, 0.5) is 4.39 Å². The summed E-state index contributed by atoms with van der Waals surface area (Å²) < 4.78 is 13.8. The van der Waals surface area contributed by atoms with Gasteiger partial charge in [0.15, 0.2) is 0 Å². The molecule has 5 heteroatoms. The molecule has 0 aliphatic rings. The number of nitrogens with two attached hydrogens (primary N) is 1. The Hall–Kier alpha value is -0.610. The minimum atomic E-state index is -0.265. The second-order valence-electron chi connectivity index (χ2n) is 4.65. The van der Waals surface area contributed by atoms with Gasteiger partial charge in [0.2, 0.25) is 0 Å². The molecule has 0 aliphatic heterocycles. The van der Waals surface area contributed by atoms with Gasteiger partial charge in [-0.25, -0.2) is 4.39 Å². The van der Waals surface area contributed by atoms with E-state index in [2.05, 4.69) is 15.9 Å². The smallest absolute Gasteiger partial charge is 0.124 e. The van der Waals surface area contributed by atoms with Gasteiger partial charge in [0.25, 0.3) is 0 Å². The van der Waals surface area contributed by atoms with Crippen molar-refractivity contribution < 1.29 is 4.39 Å². The van der Waals surface area contributed by atoms with Crippen molar-refractivity contribution in [2.24, 2.45) is 5.73 Å². The molecule has 0 aromatic heterocycles. The second kappa shape index (κ2) is 6.90. The van der Waals surface area contributed by atoms with Crippen LogP contribution in [0.2, 0.25) is 10.0 Å². The molecule has 2 N–H and O–H groups in total. The van der Waals surface area contributed by atoms with Gasteiger partial charge in [-0.05, 0) is 48.2 Å². The summed E-state index contributed by atoms with van der Waals surface area (Å²) in [4.78, 5) is 0. The lowest BCUT2D eigenvalue weighted by Crippen LogP contribution is -2.25. The van der Waals surface area contributed by atoms with Crippen molar-refractivity contribution in [2.45, 2.75) is 18.9 Å². The van der Waals surface area contributed by atoms with Gasteiger partial charge in [-0.1, -0.05) is 51.3 Å². The lowest BCUT2D eigenvalue weighted by molar-refractivity contribution is 0.622. The topological polar surface area (TPSA) is 26.0 Å². The normalized spacial score (nSPS) is 12.4. The fourth-order valence-corrected chi connectivity index (χ4v) is 2.84. The summed E-state index contributed by atoms with van der Waals surface area (Å²) in [6.45, 7) is 0. The van der Waals surface area contributed by atoms with Gasteiger partial charge in [-0.3, -0.25) is 0 Å². The maximum atomic E-state index is 13.0. The van der Waals surface area contributed by atoms with E-state index in [1.807, 2.05) is 12.1 Å². The minimum Gasteiger partial charge on any atom is -0.327 e. The average Bonchev–Trinajstić information content (AvgIpc) is 2.37. The number of halogens is 4. The fourth-order valence-electron chi connectivity index (χ4n) is 2.01. The Morgan fingerprint density at radius 1 is 1.05 bits per heavy atom. The van der Waals surface area contributed by atoms with E-state index < -0.39 is 0 Å². The molecule has 0 saturated heterocycles. The van der Waals surface area contributed by atoms with Crippen LogP contribution in [0.3, 0.4) is 0 Å². The van der Waals surface area contributed by atoms with Crippen LogP contribution in [-0.4, -0.2) is 6.04 Å². The highest BCUT2D eigenvalue weighted by Crippen LogP contribution is 2.24. The SMILES string of the molecule is NC(Cc1ccc(Cl)c(Cl)c1)Cc1ccc(F)cc1Br. The van der Waals surface area contributed by atoms with E-state index in [4.69, 9.17) is 28.9 Å². The van der Waals surface area contributed by atoms with Crippen LogP contribution in [-0.2, 0) is 12.8 Å². The largest absolute Gasteiger partial charge is 0.327 e. The first-order chi connectivity index (χ1) is 9.45. The predicted molar refractivity (Wildman–Crippen MR) is 85.9 cm³/mol. The van der Waals surface area contributed by atoms with Gasteiger partial charge in [0.05, 0.1) is 10.0 Å². The van der Waals surface area contributed by atoms with Crippen LogP contribution >= 0.6 is 39.1 Å². The Balaban J connectivity index is 2.04. The van der Waals surface area contributed by atoms with E-state index in [9.17, 15) is 4.39 Å². The average molecular weight is 377 g/mol. The van der Waals surface area contributed by atoms with Gasteiger partial charge in [-0.15, -0.1) is 0 Å². The van der Waals surface area contributed by atoms with Gasteiger partial charge in [0.1, 0.15) is 5.82 Å². The van der Waals surface area contributed by atoms with Crippen molar-refractivity contribution in [1.82, 2.24) is 0 Å². The van der Waals surface area contributed by atoms with Gasteiger partial charge in [-0.2, -0.15) is 0 Å². The lowest BCUT2D eigenvalue weighted by atomic mass is 10.00. The zero-order chi connectivity index (χ0) is 14.7. The highest BCUT2D eigenvalue weighted by molar-refractivity contribution is 9.10. The Bertz CT molecular complexity index is 619. The third kappa shape index (κ3) is 4.19. The molecule has 0 amide bonds. The summed E-state index contributed by atoms with van der Waals surface area (Å²) in [6.07, 6.45) is 1.34. The predicted octanol–water partition coefficient (Wildman–Crippen LogP) is 5.01. The maximum absolute atomic E-state index is 13.0. The van der Waals surface area contributed by atoms with E-state index in [-0.39, 0.29) is 11.9 Å². The first-order valence-corrected chi connectivity index (χ1v) is 7.64. The molecule has 0 saturated carbocycles. The van der Waals surface area contributed by atoms with Crippen LogP contribution in [0.25, 0.3) is 0 Å². The molecule has 1 atom stereocenters. The molecule has 0 spiro atoms. The monoisotopic (exact) mass is 375 g/mol. The van der Waals surface area contributed by atoms with E-state index in [1.165, 1.54) is 12.1 Å². The molecular weight excluding hydrogens is 364 g/mol. The molecule has 20 heavy (non-hydrogen) atoms. The zero-order valence-electron chi connectivity index (χ0n) is 10.5. The van der Waals surface area contributed by atoms with Crippen molar-refractivity contribution >= 4 is 39.1 Å². The van der Waals surface area contributed by atoms with Gasteiger partial charge in [0, 0.05) is 10.5 Å². The third-order valence-electron chi connectivity index (χ3n) is 2.98. The van der Waals surface area contributed by atoms with Crippen LogP contribution in [0.15, 0.2) is 40.9 Å². The van der Waals surface area contributed by atoms with E-state index >= 15 is 0 Å². The molecule has 2 aromatic rings. The molecule has 106 valence electrons. The Morgan fingerprint density at radius 2 is 1.80 bits per heavy atom. The number of rotatable bonds is 4. The summed E-state index contributed by atoms with van der Waals surface area (Å²) in [7, 11) is 0. The highest BCUT2D eigenvalue weighted by Gasteiger charge is 2.10. The maximum Gasteiger partial charge on any atom is 0.124 e. The van der Waals surface area contributed by atoms with Crippen LogP contribution in [0, 0.1) is 5.82 Å². The highest BCUT2D eigenvalue weighted by atomic mass is 79.9. The molecular formula is C15H13BrCl2FN. The summed E-state index contributed by atoms with van der Waals surface area (Å²) in [5.74, 6) is -0.265. The third-order valence-corrected chi connectivity index (χ3v) is 4.46. The first kappa shape index (κ1) is 15.8. The van der Waals surface area contributed by atoms with Gasteiger partial charge < -0.3 is 5.73 Å². The molecule has 2 aromatic carbocycles. The molecule has 0 radical (unpaired) electrons. The van der Waals surface area contributed by atoms with Crippen molar-refractivity contribution in [3.8, 4) is 0 Å². The van der Waals surface area contributed by atoms with Crippen molar-refractivity contribution in [2.75, 3.05) is 0 Å². The molecule has 0 bridgehead atoms. The fraction of sp³-hybridized carbons (Fsp3) is 0.200. The summed E-state index contributed by atoms with van der Waals surface area (Å²) in [5.41, 5.74) is 8.16. The molecule has 0 aliphatic carbocycles. The van der Waals surface area contributed by atoms with E-state index in [1.54, 1.807) is 12.1 Å². The van der Waals surface area contributed by atoms with Crippen molar-refractivity contribution in [3.05, 3.63) is 67.9 Å². The minimum absolute atomic E-state index is 0.0750. The second-order valence-corrected chi connectivity index (χ2v) is 6.32. The van der Waals surface area contributed by atoms with Crippen LogP contribution in [0.5, 0.6) is 0 Å². The van der Waals surface area contributed by atoms with E-state index in [0.717, 1.165) is 15.6 Å². The number of hydrogen-bond acceptors (Lipinski definition) is 1. The van der Waals surface area contributed by atoms with Gasteiger partial charge >= 0.3 is 0 Å². The van der Waals surface area contributed by atoms with Crippen LogP contribution in [0.1, 0.15) is 11.1 Å². The molecule has 0 heterocycles. The summed E-state index contributed by atoms with van der Waals surface area (Å²) >= 11 is 15.2. The Morgan fingerprint density at radius 3 is 2.45 bits per heavy atom. The molecule has 2 rings (SSSR count). The molecule has 0 fully saturated rings. The standard InChI is InChI=1S/C15H13BrCl2FN/c16-13-8-11(19)3-2-10(13)7-12(20)5-9-1-4-14(17)15(18)6-9/h1-4,6,8,12H,5,7,20H2. The van der Waals surface area contributed by atoms with Crippen LogP contribution < -0.4 is 5.73 Å².